The number of rotatable bonds is 9. The zero-order chi connectivity index (χ0) is 36.8. The minimum Gasteiger partial charge on any atom is -0.0614 e. The van der Waals surface area contributed by atoms with Crippen molar-refractivity contribution in [2.75, 3.05) is 0 Å². The normalized spacial score (nSPS) is 15.4. The average Bonchev–Trinajstić information content (AvgIpc) is 3.25. The molecule has 0 amide bonds. The lowest BCUT2D eigenvalue weighted by atomic mass is 9.88. The van der Waals surface area contributed by atoms with Crippen LogP contribution in [0.1, 0.15) is 105 Å². The summed E-state index contributed by atoms with van der Waals surface area (Å²) in [5.74, 6) is 0. The molecule has 3 aliphatic rings. The second-order valence-electron chi connectivity index (χ2n) is 15.7. The van der Waals surface area contributed by atoms with E-state index in [0.717, 1.165) is 0 Å². The van der Waals surface area contributed by atoms with E-state index >= 15 is 0 Å². The molecular weight excluding hydrogens is 680 g/mol. The third-order valence-electron chi connectivity index (χ3n) is 12.1. The lowest BCUT2D eigenvalue weighted by Gasteiger charge is -2.20. The van der Waals surface area contributed by atoms with E-state index in [9.17, 15) is 0 Å². The van der Waals surface area contributed by atoms with Crippen LogP contribution in [0.5, 0.6) is 0 Å². The van der Waals surface area contributed by atoms with E-state index < -0.39 is 7.92 Å². The highest BCUT2D eigenvalue weighted by atomic mass is 31.1. The molecule has 0 radical (unpaired) electrons. The van der Waals surface area contributed by atoms with Crippen molar-refractivity contribution in [1.29, 1.82) is 0 Å². The van der Waals surface area contributed by atoms with Crippen molar-refractivity contribution < 1.29 is 0 Å². The molecule has 0 saturated carbocycles. The van der Waals surface area contributed by atoms with Gasteiger partial charge in [0.15, 0.2) is 0 Å². The monoisotopic (exact) mass is 730 g/mol. The zero-order valence-corrected chi connectivity index (χ0v) is 32.9. The summed E-state index contributed by atoms with van der Waals surface area (Å²) in [6.45, 7) is 0. The minimum atomic E-state index is -0.735. The summed E-state index contributed by atoms with van der Waals surface area (Å²) in [7, 11) is -0.735. The Bertz CT molecular complexity index is 2080. The first-order chi connectivity index (χ1) is 27.2. The molecule has 6 aromatic carbocycles. The van der Waals surface area contributed by atoms with Gasteiger partial charge < -0.3 is 0 Å². The average molecular weight is 731 g/mol. The fraction of sp³-hybridized carbons (Fsp3) is 0.222. The third-order valence-corrected chi connectivity index (χ3v) is 14.6. The summed E-state index contributed by atoms with van der Waals surface area (Å²) in [5.41, 5.74) is 17.1. The van der Waals surface area contributed by atoms with E-state index in [2.05, 4.69) is 164 Å². The van der Waals surface area contributed by atoms with Crippen LogP contribution in [0, 0.1) is 0 Å². The van der Waals surface area contributed by atoms with E-state index in [0.29, 0.717) is 0 Å². The molecule has 9 rings (SSSR count). The van der Waals surface area contributed by atoms with E-state index in [-0.39, 0.29) is 0 Å². The fourth-order valence-electron chi connectivity index (χ4n) is 9.11. The van der Waals surface area contributed by atoms with Gasteiger partial charge in [-0.15, -0.1) is 0 Å². The van der Waals surface area contributed by atoms with Gasteiger partial charge in [-0.05, 0) is 168 Å². The maximum atomic E-state index is 2.37. The maximum Gasteiger partial charge on any atom is -0.0134 e. The number of benzene rings is 6. The SMILES string of the molecule is C(=C\c1cccc2c1CCCC2)/c1ccc(P(c2ccc(/C=C/c3cccc4c3CCCC4)cc2)c2ccc(/C=C/c3cccc4c3CCCC4)cc2)cc1. The molecule has 0 aromatic heterocycles. The van der Waals surface area contributed by atoms with Gasteiger partial charge in [-0.2, -0.15) is 0 Å². The summed E-state index contributed by atoms with van der Waals surface area (Å²) in [6.07, 6.45) is 29.0. The first-order valence-corrected chi connectivity index (χ1v) is 22.1. The molecule has 0 aliphatic heterocycles. The zero-order valence-electron chi connectivity index (χ0n) is 32.0. The van der Waals surface area contributed by atoms with Crippen molar-refractivity contribution in [2.45, 2.75) is 77.0 Å². The van der Waals surface area contributed by atoms with Crippen LogP contribution in [0.2, 0.25) is 0 Å². The van der Waals surface area contributed by atoms with Crippen LogP contribution in [0.15, 0.2) is 127 Å². The van der Waals surface area contributed by atoms with Crippen LogP contribution in [0.4, 0.5) is 0 Å². The predicted octanol–water partition coefficient (Wildman–Crippen LogP) is 12.6. The molecule has 0 unspecified atom stereocenters. The van der Waals surface area contributed by atoms with E-state index in [1.54, 1.807) is 16.7 Å². The van der Waals surface area contributed by atoms with Crippen molar-refractivity contribution in [1.82, 2.24) is 0 Å². The Morgan fingerprint density at radius 3 is 0.891 bits per heavy atom. The Morgan fingerprint density at radius 1 is 0.291 bits per heavy atom. The highest BCUT2D eigenvalue weighted by molar-refractivity contribution is 7.79. The van der Waals surface area contributed by atoms with Crippen molar-refractivity contribution in [3.8, 4) is 0 Å². The van der Waals surface area contributed by atoms with Crippen LogP contribution in [0.3, 0.4) is 0 Å². The molecule has 0 fully saturated rings. The molecule has 0 saturated heterocycles. The number of hydrogen-bond acceptors (Lipinski definition) is 0. The van der Waals surface area contributed by atoms with Gasteiger partial charge in [-0.25, -0.2) is 0 Å². The van der Waals surface area contributed by atoms with Crippen molar-refractivity contribution in [2.24, 2.45) is 0 Å². The summed E-state index contributed by atoms with van der Waals surface area (Å²) in [4.78, 5) is 0. The van der Waals surface area contributed by atoms with Gasteiger partial charge in [0, 0.05) is 0 Å². The Kier molecular flexibility index (Phi) is 10.9. The molecule has 3 aliphatic carbocycles. The second-order valence-corrected chi connectivity index (χ2v) is 17.9. The molecule has 0 atom stereocenters. The minimum absolute atomic E-state index is 0.735. The molecule has 1 heteroatoms. The highest BCUT2D eigenvalue weighted by Gasteiger charge is 2.18. The Morgan fingerprint density at radius 2 is 0.582 bits per heavy atom. The molecule has 0 bridgehead atoms. The van der Waals surface area contributed by atoms with Gasteiger partial charge >= 0.3 is 0 Å². The quantitative estimate of drug-likeness (QED) is 0.103. The van der Waals surface area contributed by atoms with Gasteiger partial charge in [0.1, 0.15) is 0 Å². The fourth-order valence-corrected chi connectivity index (χ4v) is 11.3. The van der Waals surface area contributed by atoms with Crippen LogP contribution in [0.25, 0.3) is 36.5 Å². The molecular formula is C54H51P. The highest BCUT2D eigenvalue weighted by Crippen LogP contribution is 2.34. The van der Waals surface area contributed by atoms with E-state index in [1.165, 1.54) is 143 Å². The Balaban J connectivity index is 0.993. The topological polar surface area (TPSA) is 0 Å². The lowest BCUT2D eigenvalue weighted by molar-refractivity contribution is 0.684. The van der Waals surface area contributed by atoms with Gasteiger partial charge in [0.2, 0.25) is 0 Å². The van der Waals surface area contributed by atoms with Crippen LogP contribution in [-0.4, -0.2) is 0 Å². The second kappa shape index (κ2) is 16.8. The van der Waals surface area contributed by atoms with Crippen molar-refractivity contribution in [3.63, 3.8) is 0 Å². The third kappa shape index (κ3) is 8.17. The molecule has 0 spiro atoms. The Hall–Kier alpha value is -5.03. The predicted molar refractivity (Wildman–Crippen MR) is 241 cm³/mol. The molecule has 0 N–H and O–H groups in total. The van der Waals surface area contributed by atoms with E-state index in [4.69, 9.17) is 0 Å². The summed E-state index contributed by atoms with van der Waals surface area (Å²) in [5, 5.41) is 4.13. The van der Waals surface area contributed by atoms with Crippen LogP contribution in [-0.2, 0) is 38.5 Å². The van der Waals surface area contributed by atoms with E-state index in [1.807, 2.05) is 0 Å². The number of hydrogen-bond donors (Lipinski definition) is 0. The molecule has 0 nitrogen and oxygen atoms in total. The summed E-state index contributed by atoms with van der Waals surface area (Å²) in [6, 6.07) is 48.6. The van der Waals surface area contributed by atoms with Gasteiger partial charge in [-0.1, -0.05) is 164 Å². The molecule has 0 heterocycles. The maximum absolute atomic E-state index is 2.37. The summed E-state index contributed by atoms with van der Waals surface area (Å²) < 4.78 is 0. The number of fused-ring (bicyclic) bond motifs is 3. The van der Waals surface area contributed by atoms with Crippen molar-refractivity contribution in [3.05, 3.63) is 194 Å². The first-order valence-electron chi connectivity index (χ1n) is 20.7. The van der Waals surface area contributed by atoms with Crippen LogP contribution >= 0.6 is 7.92 Å². The van der Waals surface area contributed by atoms with Crippen LogP contribution < -0.4 is 15.9 Å². The Labute approximate surface area is 330 Å². The summed E-state index contributed by atoms with van der Waals surface area (Å²) >= 11 is 0. The largest absolute Gasteiger partial charge is 0.0614 e. The molecule has 55 heavy (non-hydrogen) atoms. The van der Waals surface area contributed by atoms with Gasteiger partial charge in [0.05, 0.1) is 0 Å². The molecule has 272 valence electrons. The number of aryl methyl sites for hydroxylation is 3. The smallest absolute Gasteiger partial charge is 0.0134 e. The standard InChI is InChI=1S/C54H51P/c1-4-19-52-43(10-1)13-7-16-46(52)31-22-40-25-34-49(35-26-40)55(50-36-27-41(28-37-50)23-32-47-17-8-14-44-11-2-5-20-53(44)47)51-38-29-42(30-39-51)24-33-48-18-9-15-45-12-3-6-21-54(45)48/h7-9,13-18,22-39H,1-6,10-12,19-21H2/b31-22+,32-23+,33-24+. The lowest BCUT2D eigenvalue weighted by Crippen LogP contribution is -2.20. The van der Waals surface area contributed by atoms with Gasteiger partial charge in [-0.3, -0.25) is 0 Å². The van der Waals surface area contributed by atoms with Crippen molar-refractivity contribution >= 4 is 60.3 Å². The van der Waals surface area contributed by atoms with Gasteiger partial charge in [0.25, 0.3) is 0 Å². The molecule has 6 aromatic rings. The first kappa shape index (κ1) is 35.7.